The zero-order chi connectivity index (χ0) is 45.4. The third kappa shape index (κ3) is 6.32. The molecule has 5 heterocycles. The Hall–Kier alpha value is -9.32. The molecule has 14 rings (SSSR count). The van der Waals surface area contributed by atoms with Crippen LogP contribution in [0.3, 0.4) is 0 Å². The lowest BCUT2D eigenvalue weighted by Gasteiger charge is -2.13. The number of hydrogen-bond acceptors (Lipinski definition) is 2. The van der Waals surface area contributed by atoms with Gasteiger partial charge in [0.2, 0.25) is 0 Å². The van der Waals surface area contributed by atoms with Crippen LogP contribution in [-0.2, 0) is 0 Å². The maximum atomic E-state index is 5.36. The van der Waals surface area contributed by atoms with Gasteiger partial charge in [-0.05, 0) is 130 Å². The van der Waals surface area contributed by atoms with Crippen molar-refractivity contribution in [1.29, 1.82) is 0 Å². The van der Waals surface area contributed by atoms with Crippen LogP contribution >= 0.6 is 0 Å². The molecule has 0 bridgehead atoms. The van der Waals surface area contributed by atoms with Gasteiger partial charge in [0.25, 0.3) is 0 Å². The number of para-hydroxylation sites is 3. The lowest BCUT2D eigenvalue weighted by molar-refractivity contribution is 1.08. The van der Waals surface area contributed by atoms with Crippen molar-refractivity contribution in [3.8, 4) is 61.8 Å². The molecule has 0 saturated carbocycles. The Labute approximate surface area is 398 Å². The second-order valence-electron chi connectivity index (χ2n) is 17.8. The minimum Gasteiger partial charge on any atom is -0.309 e. The Morgan fingerprint density at radius 1 is 0.261 bits per heavy atom. The van der Waals surface area contributed by atoms with Crippen LogP contribution in [0.25, 0.3) is 127 Å². The Balaban J connectivity index is 0.881. The van der Waals surface area contributed by atoms with Gasteiger partial charge in [-0.3, -0.25) is 9.55 Å². The van der Waals surface area contributed by atoms with Crippen molar-refractivity contribution in [1.82, 2.24) is 23.7 Å². The second-order valence-corrected chi connectivity index (χ2v) is 17.8. The molecule has 0 aliphatic carbocycles. The minimum atomic E-state index is 0.890. The smallest absolute Gasteiger partial charge is 0.138 e. The van der Waals surface area contributed by atoms with Crippen LogP contribution in [0.4, 0.5) is 0 Å². The normalized spacial score (nSPS) is 11.8. The maximum absolute atomic E-state index is 5.36. The molecule has 0 N–H and O–H groups in total. The first-order chi connectivity index (χ1) is 34.2. The number of nitrogens with zero attached hydrogens (tertiary/aromatic N) is 5. The molecule has 0 aliphatic heterocycles. The quantitative estimate of drug-likeness (QED) is 0.160. The summed E-state index contributed by atoms with van der Waals surface area (Å²) in [6.45, 7) is 0. The Morgan fingerprint density at radius 2 is 0.739 bits per heavy atom. The summed E-state index contributed by atoms with van der Waals surface area (Å²) in [5.41, 5.74) is 19.0. The number of fused-ring (bicyclic) bond motifs is 9. The molecule has 0 amide bonds. The molecule has 0 spiro atoms. The predicted molar refractivity (Wildman–Crippen MR) is 287 cm³/mol. The van der Waals surface area contributed by atoms with E-state index in [1.165, 1.54) is 43.7 Å². The van der Waals surface area contributed by atoms with Gasteiger partial charge in [0.05, 0.1) is 44.3 Å². The van der Waals surface area contributed by atoms with E-state index in [4.69, 9.17) is 9.97 Å². The third-order valence-corrected chi connectivity index (χ3v) is 13.9. The molecule has 0 atom stereocenters. The van der Waals surface area contributed by atoms with E-state index in [-0.39, 0.29) is 0 Å². The molecule has 69 heavy (non-hydrogen) atoms. The predicted octanol–water partition coefficient (Wildman–Crippen LogP) is 16.4. The monoisotopic (exact) mass is 879 g/mol. The minimum absolute atomic E-state index is 0.890. The van der Waals surface area contributed by atoms with Crippen molar-refractivity contribution in [3.05, 3.63) is 249 Å². The molecule has 0 saturated heterocycles. The molecular formula is C64H41N5. The first-order valence-corrected chi connectivity index (χ1v) is 23.5. The van der Waals surface area contributed by atoms with Gasteiger partial charge in [0.1, 0.15) is 5.82 Å². The van der Waals surface area contributed by atoms with Crippen molar-refractivity contribution in [2.24, 2.45) is 0 Å². The number of benzene rings is 9. The summed E-state index contributed by atoms with van der Waals surface area (Å²) in [6, 6.07) is 87.3. The number of rotatable bonds is 7. The van der Waals surface area contributed by atoms with Crippen molar-refractivity contribution < 1.29 is 0 Å². The summed E-state index contributed by atoms with van der Waals surface area (Å²) in [7, 11) is 0. The van der Waals surface area contributed by atoms with E-state index in [2.05, 4.69) is 250 Å². The first kappa shape index (κ1) is 38.9. The van der Waals surface area contributed by atoms with Gasteiger partial charge in [-0.15, -0.1) is 0 Å². The van der Waals surface area contributed by atoms with Gasteiger partial charge in [0, 0.05) is 50.1 Å². The molecule has 0 radical (unpaired) electrons. The van der Waals surface area contributed by atoms with Gasteiger partial charge in [-0.1, -0.05) is 146 Å². The van der Waals surface area contributed by atoms with E-state index in [1.807, 2.05) is 12.3 Å². The van der Waals surface area contributed by atoms with Crippen LogP contribution in [0.1, 0.15) is 0 Å². The zero-order valence-electron chi connectivity index (χ0n) is 37.4. The van der Waals surface area contributed by atoms with Crippen LogP contribution < -0.4 is 0 Å². The lowest BCUT2D eigenvalue weighted by atomic mass is 10.0. The summed E-state index contributed by atoms with van der Waals surface area (Å²) in [4.78, 5) is 10.2. The molecule has 14 aromatic rings. The summed E-state index contributed by atoms with van der Waals surface area (Å²) in [5, 5.41) is 5.95. The third-order valence-electron chi connectivity index (χ3n) is 13.9. The van der Waals surface area contributed by atoms with E-state index in [1.54, 1.807) is 0 Å². The molecule has 5 aromatic heterocycles. The van der Waals surface area contributed by atoms with E-state index < -0.39 is 0 Å². The second kappa shape index (κ2) is 15.7. The number of aromatic nitrogens is 5. The van der Waals surface area contributed by atoms with Crippen LogP contribution in [0.5, 0.6) is 0 Å². The Bertz CT molecular complexity index is 4240. The van der Waals surface area contributed by atoms with Crippen LogP contribution in [-0.4, -0.2) is 23.7 Å². The number of pyridine rings is 2. The molecule has 5 nitrogen and oxygen atoms in total. The fourth-order valence-corrected chi connectivity index (χ4v) is 10.7. The molecular weight excluding hydrogens is 839 g/mol. The molecule has 9 aromatic carbocycles. The highest BCUT2D eigenvalue weighted by Gasteiger charge is 2.19. The van der Waals surface area contributed by atoms with Crippen LogP contribution in [0.15, 0.2) is 249 Å². The molecule has 0 aliphatic rings. The fourth-order valence-electron chi connectivity index (χ4n) is 10.7. The van der Waals surface area contributed by atoms with E-state index in [0.29, 0.717) is 0 Å². The Morgan fingerprint density at radius 3 is 1.42 bits per heavy atom. The highest BCUT2D eigenvalue weighted by Crippen LogP contribution is 2.40. The molecule has 0 unspecified atom stereocenters. The van der Waals surface area contributed by atoms with Gasteiger partial charge < -0.3 is 9.13 Å². The SMILES string of the molecule is c1ccc(-c2cc(-c3ccccc3)nc(-n3c4ccccc4c4cc(-c5ccc6c(c5)c5ccccc5n6-c5cccc(-c6ccc7c(c6)c6ncccc6n7-c6ccccc6)c5)ccc43)c2)cc1. The van der Waals surface area contributed by atoms with Crippen molar-refractivity contribution >= 4 is 65.5 Å². The summed E-state index contributed by atoms with van der Waals surface area (Å²) >= 11 is 0. The van der Waals surface area contributed by atoms with E-state index in [9.17, 15) is 0 Å². The van der Waals surface area contributed by atoms with Crippen LogP contribution in [0, 0.1) is 0 Å². The molecule has 5 heteroatoms. The maximum Gasteiger partial charge on any atom is 0.138 e. The Kier molecular flexibility index (Phi) is 8.83. The summed E-state index contributed by atoms with van der Waals surface area (Å²) in [6.07, 6.45) is 1.89. The van der Waals surface area contributed by atoms with Gasteiger partial charge in [0.15, 0.2) is 0 Å². The molecule has 0 fully saturated rings. The van der Waals surface area contributed by atoms with Gasteiger partial charge in [-0.2, -0.15) is 0 Å². The summed E-state index contributed by atoms with van der Waals surface area (Å²) in [5.74, 6) is 0.890. The highest BCUT2D eigenvalue weighted by atomic mass is 15.1. The summed E-state index contributed by atoms with van der Waals surface area (Å²) < 4.78 is 7.05. The van der Waals surface area contributed by atoms with Crippen LogP contribution in [0.2, 0.25) is 0 Å². The topological polar surface area (TPSA) is 40.6 Å². The zero-order valence-corrected chi connectivity index (χ0v) is 37.4. The first-order valence-electron chi connectivity index (χ1n) is 23.5. The van der Waals surface area contributed by atoms with Crippen molar-refractivity contribution in [2.75, 3.05) is 0 Å². The van der Waals surface area contributed by atoms with Gasteiger partial charge in [-0.25, -0.2) is 4.98 Å². The fraction of sp³-hybridized carbons (Fsp3) is 0. The van der Waals surface area contributed by atoms with E-state index >= 15 is 0 Å². The lowest BCUT2D eigenvalue weighted by Crippen LogP contribution is -2.00. The standard InChI is InChI=1S/C64H41N5/c1-4-16-42(17-5-1)48-40-56(43-18-6-2-7-19-43)66-63(41-48)69-58-27-13-11-25-52(58)54-38-46(30-33-60(54)69)45-29-32-59-53(37-45)51-24-10-12-26-57(51)68(59)50-23-14-20-44(36-50)47-31-34-61-55(39-47)64-62(28-15-35-65-64)67(61)49-21-8-3-9-22-49/h1-41H. The van der Waals surface area contributed by atoms with Crippen molar-refractivity contribution in [3.63, 3.8) is 0 Å². The van der Waals surface area contributed by atoms with Crippen molar-refractivity contribution in [2.45, 2.75) is 0 Å². The highest BCUT2D eigenvalue weighted by molar-refractivity contribution is 6.13. The average Bonchev–Trinajstić information content (AvgIpc) is 4.06. The average molecular weight is 880 g/mol. The largest absolute Gasteiger partial charge is 0.309 e. The van der Waals surface area contributed by atoms with Gasteiger partial charge >= 0.3 is 0 Å². The number of hydrogen-bond donors (Lipinski definition) is 0. The molecule has 322 valence electrons. The van der Waals surface area contributed by atoms with E-state index in [0.717, 1.165) is 83.7 Å².